The molecule has 0 unspecified atom stereocenters. The molecule has 0 saturated heterocycles. The summed E-state index contributed by atoms with van der Waals surface area (Å²) in [5, 5.41) is 3.16. The Hall–Kier alpha value is -2.29. The molecule has 1 saturated carbocycles. The first kappa shape index (κ1) is 22.4. The topological polar surface area (TPSA) is 84.9 Å². The molecule has 0 aliphatic heterocycles. The molecule has 2 aromatic rings. The van der Waals surface area contributed by atoms with E-state index >= 15 is 0 Å². The van der Waals surface area contributed by atoms with Gasteiger partial charge < -0.3 is 14.8 Å². The van der Waals surface area contributed by atoms with E-state index in [9.17, 15) is 13.2 Å². The van der Waals surface area contributed by atoms with Gasteiger partial charge in [-0.05, 0) is 62.1 Å². The van der Waals surface area contributed by atoms with E-state index in [4.69, 9.17) is 21.1 Å². The van der Waals surface area contributed by atoms with E-state index in [0.29, 0.717) is 22.2 Å². The van der Waals surface area contributed by atoms with Gasteiger partial charge in [-0.1, -0.05) is 11.6 Å². The van der Waals surface area contributed by atoms with Crippen molar-refractivity contribution < 1.29 is 22.7 Å². The van der Waals surface area contributed by atoms with Gasteiger partial charge in [0, 0.05) is 23.8 Å². The number of rotatable bonds is 8. The molecule has 0 bridgehead atoms. The molecule has 3 rings (SSSR count). The molecule has 162 valence electrons. The molecule has 30 heavy (non-hydrogen) atoms. The molecular weight excluding hydrogens is 428 g/mol. The Kier molecular flexibility index (Phi) is 7.23. The molecule has 1 aliphatic carbocycles. The van der Waals surface area contributed by atoms with Crippen molar-refractivity contribution in [1.29, 1.82) is 0 Å². The molecule has 7 nitrogen and oxygen atoms in total. The number of nitrogens with one attached hydrogen (secondary N) is 1. The van der Waals surface area contributed by atoms with Crippen molar-refractivity contribution in [2.75, 3.05) is 26.0 Å². The van der Waals surface area contributed by atoms with E-state index in [1.165, 1.54) is 31.3 Å². The maximum absolute atomic E-state index is 12.6. The molecule has 0 aromatic heterocycles. The van der Waals surface area contributed by atoms with Crippen LogP contribution in [0.2, 0.25) is 5.02 Å². The predicted molar refractivity (Wildman–Crippen MR) is 116 cm³/mol. The highest BCUT2D eigenvalue weighted by Crippen LogP contribution is 2.34. The smallest absolute Gasteiger partial charge is 0.243 e. The Morgan fingerprint density at radius 1 is 1.13 bits per heavy atom. The summed E-state index contributed by atoms with van der Waals surface area (Å²) in [4.78, 5) is 12.5. The van der Waals surface area contributed by atoms with Gasteiger partial charge in [-0.25, -0.2) is 8.42 Å². The lowest BCUT2D eigenvalue weighted by atomic mass is 10.2. The lowest BCUT2D eigenvalue weighted by Crippen LogP contribution is -2.34. The van der Waals surface area contributed by atoms with Crippen molar-refractivity contribution in [2.24, 2.45) is 0 Å². The van der Waals surface area contributed by atoms with Crippen LogP contribution in [0.25, 0.3) is 0 Å². The second-order valence-electron chi connectivity index (χ2n) is 7.15. The largest absolute Gasteiger partial charge is 0.493 e. The van der Waals surface area contributed by atoms with E-state index in [0.717, 1.165) is 30.0 Å². The fourth-order valence-corrected chi connectivity index (χ4v) is 4.56. The zero-order valence-corrected chi connectivity index (χ0v) is 18.5. The summed E-state index contributed by atoms with van der Waals surface area (Å²) in [5.74, 6) is 0.679. The van der Waals surface area contributed by atoms with Crippen molar-refractivity contribution in [2.45, 2.75) is 36.7 Å². The highest BCUT2D eigenvalue weighted by atomic mass is 35.5. The number of hydrogen-bond acceptors (Lipinski definition) is 5. The summed E-state index contributed by atoms with van der Waals surface area (Å²) >= 11 is 5.81. The van der Waals surface area contributed by atoms with Crippen LogP contribution in [-0.4, -0.2) is 45.4 Å². The Labute approximate surface area is 182 Å². The first-order chi connectivity index (χ1) is 14.3. The summed E-state index contributed by atoms with van der Waals surface area (Å²) < 4.78 is 37.6. The number of halogens is 1. The van der Waals surface area contributed by atoms with Gasteiger partial charge in [0.1, 0.15) is 0 Å². The number of benzene rings is 2. The Morgan fingerprint density at radius 3 is 2.43 bits per heavy atom. The van der Waals surface area contributed by atoms with Crippen LogP contribution in [0.15, 0.2) is 47.4 Å². The number of likely N-dealkylation sites (N-methyl/N-ethyl adjacent to an activating group) is 1. The number of carbonyl (C=O) groups excluding carboxylic acids is 1. The van der Waals surface area contributed by atoms with E-state index in [1.807, 2.05) is 0 Å². The molecule has 1 fully saturated rings. The number of methoxy groups -OCH3 is 1. The fraction of sp³-hybridized carbons (Fsp3) is 0.381. The Morgan fingerprint density at radius 2 is 1.80 bits per heavy atom. The van der Waals surface area contributed by atoms with Gasteiger partial charge in [0.25, 0.3) is 0 Å². The molecular formula is C21H25ClN2O5S. The molecule has 0 atom stereocenters. The Balaban J connectivity index is 1.67. The number of ether oxygens (including phenoxy) is 2. The summed E-state index contributed by atoms with van der Waals surface area (Å²) in [6.07, 6.45) is 4.40. The van der Waals surface area contributed by atoms with E-state index in [-0.39, 0.29) is 17.5 Å². The second-order valence-corrected chi connectivity index (χ2v) is 9.63. The van der Waals surface area contributed by atoms with Crippen LogP contribution in [0.1, 0.15) is 25.7 Å². The number of carbonyl (C=O) groups is 1. The highest BCUT2D eigenvalue weighted by Gasteiger charge is 2.23. The quantitative estimate of drug-likeness (QED) is 0.656. The zero-order valence-electron chi connectivity index (χ0n) is 16.9. The van der Waals surface area contributed by atoms with Crippen molar-refractivity contribution in [1.82, 2.24) is 4.31 Å². The van der Waals surface area contributed by atoms with Crippen LogP contribution in [0.5, 0.6) is 11.5 Å². The van der Waals surface area contributed by atoms with Gasteiger partial charge in [-0.2, -0.15) is 4.31 Å². The normalized spacial score (nSPS) is 14.7. The Bertz CT molecular complexity index is 989. The zero-order chi connectivity index (χ0) is 21.7. The van der Waals surface area contributed by atoms with E-state index < -0.39 is 15.9 Å². The van der Waals surface area contributed by atoms with E-state index in [1.54, 1.807) is 25.3 Å². The average Bonchev–Trinajstić information content (AvgIpc) is 3.21. The summed E-state index contributed by atoms with van der Waals surface area (Å²) in [6, 6.07) is 10.9. The molecule has 0 spiro atoms. The van der Waals surface area contributed by atoms with Crippen molar-refractivity contribution in [3.63, 3.8) is 0 Å². The van der Waals surface area contributed by atoms with Gasteiger partial charge in [0.15, 0.2) is 11.5 Å². The van der Waals surface area contributed by atoms with Crippen LogP contribution in [0, 0.1) is 0 Å². The van der Waals surface area contributed by atoms with Crippen molar-refractivity contribution in [3.8, 4) is 11.5 Å². The average molecular weight is 453 g/mol. The first-order valence-electron chi connectivity index (χ1n) is 9.66. The van der Waals surface area contributed by atoms with Gasteiger partial charge in [0.2, 0.25) is 15.9 Å². The van der Waals surface area contributed by atoms with Crippen molar-refractivity contribution in [3.05, 3.63) is 47.5 Å². The van der Waals surface area contributed by atoms with Gasteiger partial charge in [0.05, 0.1) is 24.7 Å². The molecule has 0 radical (unpaired) electrons. The van der Waals surface area contributed by atoms with Gasteiger partial charge >= 0.3 is 0 Å². The van der Waals surface area contributed by atoms with Crippen LogP contribution < -0.4 is 14.8 Å². The summed E-state index contributed by atoms with van der Waals surface area (Å²) in [6.45, 7) is -0.337. The predicted octanol–water partition coefficient (Wildman–Crippen LogP) is 3.93. The number of sulfonamides is 1. The third kappa shape index (κ3) is 5.44. The molecule has 1 N–H and O–H groups in total. The molecule has 1 amide bonds. The number of anilines is 1. The lowest BCUT2D eigenvalue weighted by Gasteiger charge is -2.18. The standard InChI is InChI=1S/C21H25ClN2O5S/c1-24(30(26,27)18-10-7-15(22)8-11-18)14-21(25)23-16-9-12-19(28-2)20(13-16)29-17-5-3-4-6-17/h7-13,17H,3-6,14H2,1-2H3,(H,23,25). The van der Waals surface area contributed by atoms with Crippen LogP contribution >= 0.6 is 11.6 Å². The number of amides is 1. The summed E-state index contributed by atoms with van der Waals surface area (Å²) in [5.41, 5.74) is 0.506. The minimum absolute atomic E-state index is 0.0684. The van der Waals surface area contributed by atoms with Gasteiger partial charge in [-0.3, -0.25) is 4.79 Å². The monoisotopic (exact) mass is 452 g/mol. The molecule has 9 heteroatoms. The third-order valence-corrected chi connectivity index (χ3v) is 7.00. The maximum Gasteiger partial charge on any atom is 0.243 e. The van der Waals surface area contributed by atoms with E-state index in [2.05, 4.69) is 5.32 Å². The highest BCUT2D eigenvalue weighted by molar-refractivity contribution is 7.89. The fourth-order valence-electron chi connectivity index (χ4n) is 3.31. The van der Waals surface area contributed by atoms with Crippen LogP contribution in [0.4, 0.5) is 5.69 Å². The first-order valence-corrected chi connectivity index (χ1v) is 11.5. The van der Waals surface area contributed by atoms with Crippen molar-refractivity contribution >= 4 is 33.2 Å². The number of nitrogens with zero attached hydrogens (tertiary/aromatic N) is 1. The third-order valence-electron chi connectivity index (χ3n) is 4.93. The SMILES string of the molecule is COc1ccc(NC(=O)CN(C)S(=O)(=O)c2ccc(Cl)cc2)cc1OC1CCCC1. The van der Waals surface area contributed by atoms with Gasteiger partial charge in [-0.15, -0.1) is 0 Å². The minimum atomic E-state index is -3.81. The van der Waals surface area contributed by atoms with Crippen LogP contribution in [-0.2, 0) is 14.8 Å². The second kappa shape index (κ2) is 9.68. The number of hydrogen-bond donors (Lipinski definition) is 1. The summed E-state index contributed by atoms with van der Waals surface area (Å²) in [7, 11) is -0.894. The molecule has 0 heterocycles. The minimum Gasteiger partial charge on any atom is -0.493 e. The van der Waals surface area contributed by atoms with Crippen LogP contribution in [0.3, 0.4) is 0 Å². The molecule has 1 aliphatic rings. The maximum atomic E-state index is 12.6. The molecule has 2 aromatic carbocycles. The lowest BCUT2D eigenvalue weighted by molar-refractivity contribution is -0.116.